The monoisotopic (exact) mass is 524 g/mol. The Hall–Kier alpha value is -3.16. The number of alkyl halides is 6. The Labute approximate surface area is 195 Å². The molecule has 190 valence electrons. The number of anilines is 2. The lowest BCUT2D eigenvalue weighted by atomic mass is 9.95. The van der Waals surface area contributed by atoms with E-state index < -0.39 is 39.6 Å². The second-order valence-corrected chi connectivity index (χ2v) is 9.30. The molecule has 0 aliphatic carbocycles. The SMILES string of the molecule is CC#C[C@@H]1CN(S(=O)(=O)c2ccc(N)nc2)CCN1c1ncc(C(O)(C(F)(F)F)C(F)(F)F)cn1. The highest BCUT2D eigenvalue weighted by Crippen LogP contribution is 2.49. The number of aromatic nitrogens is 3. The molecule has 0 bridgehead atoms. The largest absolute Gasteiger partial charge is 0.430 e. The molecular weight excluding hydrogens is 506 g/mol. The minimum Gasteiger partial charge on any atom is -0.384 e. The minimum atomic E-state index is -6.08. The lowest BCUT2D eigenvalue weighted by Gasteiger charge is -2.38. The van der Waals surface area contributed by atoms with Crippen LogP contribution in [0.1, 0.15) is 12.5 Å². The van der Waals surface area contributed by atoms with E-state index in [1.54, 1.807) is 0 Å². The first kappa shape index (κ1) is 26.4. The van der Waals surface area contributed by atoms with Gasteiger partial charge in [0.1, 0.15) is 16.8 Å². The maximum atomic E-state index is 13.1. The first-order valence-electron chi connectivity index (χ1n) is 9.72. The van der Waals surface area contributed by atoms with Crippen molar-refractivity contribution in [2.24, 2.45) is 0 Å². The molecule has 1 atom stereocenters. The Morgan fingerprint density at radius 1 is 1.03 bits per heavy atom. The van der Waals surface area contributed by atoms with Crippen molar-refractivity contribution in [3.05, 3.63) is 36.3 Å². The summed E-state index contributed by atoms with van der Waals surface area (Å²) in [6.07, 6.45) is -10.6. The summed E-state index contributed by atoms with van der Waals surface area (Å²) in [5.74, 6) is 5.16. The Morgan fingerprint density at radius 3 is 2.11 bits per heavy atom. The van der Waals surface area contributed by atoms with Crippen LogP contribution in [0.5, 0.6) is 0 Å². The third-order valence-corrected chi connectivity index (χ3v) is 7.03. The van der Waals surface area contributed by atoms with Gasteiger partial charge in [-0.2, -0.15) is 30.6 Å². The number of pyridine rings is 1. The minimum absolute atomic E-state index is 0.0802. The van der Waals surface area contributed by atoms with Crippen molar-refractivity contribution in [3.8, 4) is 11.8 Å². The van der Waals surface area contributed by atoms with Crippen molar-refractivity contribution in [1.29, 1.82) is 0 Å². The van der Waals surface area contributed by atoms with Crippen molar-refractivity contribution in [2.75, 3.05) is 30.3 Å². The van der Waals surface area contributed by atoms with Gasteiger partial charge in [0.25, 0.3) is 5.60 Å². The highest BCUT2D eigenvalue weighted by molar-refractivity contribution is 7.89. The van der Waals surface area contributed by atoms with Crippen LogP contribution in [-0.2, 0) is 15.6 Å². The van der Waals surface area contributed by atoms with Crippen LogP contribution in [0.4, 0.5) is 38.1 Å². The molecule has 0 amide bonds. The van der Waals surface area contributed by atoms with E-state index in [0.717, 1.165) is 10.5 Å². The van der Waals surface area contributed by atoms with Crippen LogP contribution in [0.2, 0.25) is 0 Å². The molecule has 1 aliphatic heterocycles. The molecule has 2 aromatic rings. The summed E-state index contributed by atoms with van der Waals surface area (Å²) in [5, 5.41) is 9.49. The number of hydrogen-bond acceptors (Lipinski definition) is 8. The lowest BCUT2D eigenvalue weighted by molar-refractivity contribution is -0.376. The fourth-order valence-electron chi connectivity index (χ4n) is 3.34. The zero-order chi connectivity index (χ0) is 26.2. The predicted molar refractivity (Wildman–Crippen MR) is 110 cm³/mol. The number of halogens is 6. The van der Waals surface area contributed by atoms with Crippen molar-refractivity contribution in [1.82, 2.24) is 19.3 Å². The Balaban J connectivity index is 1.89. The van der Waals surface area contributed by atoms with Gasteiger partial charge in [0.15, 0.2) is 0 Å². The second kappa shape index (κ2) is 9.13. The van der Waals surface area contributed by atoms with Gasteiger partial charge in [-0.05, 0) is 19.1 Å². The summed E-state index contributed by atoms with van der Waals surface area (Å²) < 4.78 is 106. The zero-order valence-electron chi connectivity index (χ0n) is 17.8. The molecule has 3 N–H and O–H groups in total. The van der Waals surface area contributed by atoms with E-state index >= 15 is 0 Å². The van der Waals surface area contributed by atoms with Crippen LogP contribution in [0.25, 0.3) is 0 Å². The molecule has 0 aromatic carbocycles. The summed E-state index contributed by atoms with van der Waals surface area (Å²) in [6, 6.07) is 1.71. The second-order valence-electron chi connectivity index (χ2n) is 7.36. The highest BCUT2D eigenvalue weighted by Gasteiger charge is 2.71. The average molecular weight is 524 g/mol. The van der Waals surface area contributed by atoms with Crippen LogP contribution in [0, 0.1) is 11.8 Å². The zero-order valence-corrected chi connectivity index (χ0v) is 18.7. The third kappa shape index (κ3) is 4.83. The molecule has 2 aromatic heterocycles. The van der Waals surface area contributed by atoms with Gasteiger partial charge in [-0.15, -0.1) is 5.92 Å². The molecular formula is C19H18F6N6O3S. The van der Waals surface area contributed by atoms with Crippen LogP contribution in [0.15, 0.2) is 35.6 Å². The van der Waals surface area contributed by atoms with E-state index in [1.807, 2.05) is 0 Å². The van der Waals surface area contributed by atoms with Crippen molar-refractivity contribution in [3.63, 3.8) is 0 Å². The Bertz CT molecular complexity index is 1210. The number of rotatable bonds is 4. The van der Waals surface area contributed by atoms with E-state index in [0.29, 0.717) is 0 Å². The maximum absolute atomic E-state index is 13.1. The van der Waals surface area contributed by atoms with Gasteiger partial charge in [0.05, 0.1) is 0 Å². The molecule has 1 aliphatic rings. The first-order valence-corrected chi connectivity index (χ1v) is 11.2. The van der Waals surface area contributed by atoms with E-state index in [9.17, 15) is 39.9 Å². The van der Waals surface area contributed by atoms with Crippen LogP contribution in [0.3, 0.4) is 0 Å². The highest BCUT2D eigenvalue weighted by atomic mass is 32.2. The van der Waals surface area contributed by atoms with Gasteiger partial charge < -0.3 is 15.7 Å². The maximum Gasteiger partial charge on any atom is 0.430 e. The van der Waals surface area contributed by atoms with Gasteiger partial charge in [-0.3, -0.25) is 0 Å². The molecule has 35 heavy (non-hydrogen) atoms. The van der Waals surface area contributed by atoms with Gasteiger partial charge in [-0.1, -0.05) is 5.92 Å². The number of aliphatic hydroxyl groups is 1. The van der Waals surface area contributed by atoms with Crippen LogP contribution in [-0.4, -0.2) is 70.8 Å². The average Bonchev–Trinajstić information content (AvgIpc) is 2.77. The summed E-state index contributed by atoms with van der Waals surface area (Å²) in [4.78, 5) is 12.1. The van der Waals surface area contributed by atoms with E-state index in [1.165, 1.54) is 24.0 Å². The van der Waals surface area contributed by atoms with Gasteiger partial charge in [0.2, 0.25) is 16.0 Å². The number of nitrogen functional groups attached to an aromatic ring is 1. The molecule has 3 rings (SSSR count). The molecule has 0 saturated carbocycles. The Morgan fingerprint density at radius 2 is 1.63 bits per heavy atom. The van der Waals surface area contributed by atoms with E-state index in [2.05, 4.69) is 26.8 Å². The lowest BCUT2D eigenvalue weighted by Crippen LogP contribution is -2.55. The summed E-state index contributed by atoms with van der Waals surface area (Å²) in [5.41, 5.74) is -1.30. The molecule has 0 unspecified atom stereocenters. The fraction of sp³-hybridized carbons (Fsp3) is 0.421. The fourth-order valence-corrected chi connectivity index (χ4v) is 4.73. The molecule has 9 nitrogen and oxygen atoms in total. The van der Waals surface area contributed by atoms with Gasteiger partial charge in [-0.25, -0.2) is 23.4 Å². The number of sulfonamides is 1. The van der Waals surface area contributed by atoms with Gasteiger partial charge in [0, 0.05) is 43.8 Å². The van der Waals surface area contributed by atoms with Crippen LogP contribution < -0.4 is 10.6 Å². The van der Waals surface area contributed by atoms with E-state index in [-0.39, 0.29) is 48.7 Å². The molecule has 0 spiro atoms. The molecule has 3 heterocycles. The number of nitrogens with two attached hydrogens (primary N) is 1. The number of piperazine rings is 1. The summed E-state index contributed by atoms with van der Waals surface area (Å²) >= 11 is 0. The smallest absolute Gasteiger partial charge is 0.384 e. The topological polar surface area (TPSA) is 126 Å². The number of hydrogen-bond donors (Lipinski definition) is 2. The van der Waals surface area contributed by atoms with Crippen LogP contribution >= 0.6 is 0 Å². The van der Waals surface area contributed by atoms with E-state index in [4.69, 9.17) is 5.73 Å². The van der Waals surface area contributed by atoms with Crippen molar-refractivity contribution >= 4 is 21.8 Å². The van der Waals surface area contributed by atoms with Crippen molar-refractivity contribution in [2.45, 2.75) is 35.8 Å². The Kier molecular flexibility index (Phi) is 6.90. The summed E-state index contributed by atoms with van der Waals surface area (Å²) in [6.45, 7) is 1.07. The predicted octanol–water partition coefficient (Wildman–Crippen LogP) is 1.67. The molecule has 1 fully saturated rings. The first-order chi connectivity index (χ1) is 16.1. The summed E-state index contributed by atoms with van der Waals surface area (Å²) in [7, 11) is -4.00. The molecule has 1 saturated heterocycles. The number of nitrogens with zero attached hydrogens (tertiary/aromatic N) is 5. The standard InChI is InChI=1S/C19H18F6N6O3S/c1-2-3-13-11-30(35(33,34)14-4-5-15(26)27-10-14)6-7-31(13)16-28-8-12(9-29-16)17(32,18(20,21)22)19(23,24)25/h4-5,8-10,13,32H,6-7,11H2,1H3,(H2,26,27)/t13-/m1/s1. The molecule has 0 radical (unpaired) electrons. The normalized spacial score (nSPS) is 18.2. The molecule has 16 heteroatoms. The van der Waals surface area contributed by atoms with Crippen molar-refractivity contribution < 1.29 is 39.9 Å². The third-order valence-electron chi connectivity index (χ3n) is 5.18. The van der Waals surface area contributed by atoms with Gasteiger partial charge >= 0.3 is 12.4 Å². The quantitative estimate of drug-likeness (QED) is 0.457.